The van der Waals surface area contributed by atoms with Gasteiger partial charge in [-0.2, -0.15) is 12.3 Å². The molecular formula is C10H19BrMg. The second-order valence-electron chi connectivity index (χ2n) is 3.57. The number of hydrogen-bond donors (Lipinski definition) is 0. The molecule has 12 heavy (non-hydrogen) atoms. The van der Waals surface area contributed by atoms with Crippen molar-refractivity contribution in [3.8, 4) is 0 Å². The maximum absolute atomic E-state index is 2.54. The Bertz CT molecular complexity index is 89.8. The standard InChI is InChI=1S/C10H19.BrH.Mg/c1-3-9(2)10-7-5-4-6-8-10;;/h7,9-10H,3-6,8H2,1-2H3;1H;/q-1;;+2/p-1. The second kappa shape index (κ2) is 8.83. The van der Waals surface area contributed by atoms with Crippen molar-refractivity contribution in [2.45, 2.75) is 46.0 Å². The first-order valence-corrected chi connectivity index (χ1v) is 4.68. The van der Waals surface area contributed by atoms with Gasteiger partial charge < -0.3 is 23.4 Å². The number of hydrogen-bond acceptors (Lipinski definition) is 0. The Balaban J connectivity index is 0. The minimum absolute atomic E-state index is 0. The number of halogens is 1. The van der Waals surface area contributed by atoms with E-state index >= 15 is 0 Å². The van der Waals surface area contributed by atoms with Crippen LogP contribution >= 0.6 is 0 Å². The molecule has 1 fully saturated rings. The molecule has 1 aliphatic rings. The molecule has 0 amide bonds. The molecule has 0 aromatic carbocycles. The van der Waals surface area contributed by atoms with E-state index in [1.54, 1.807) is 0 Å². The first-order valence-electron chi connectivity index (χ1n) is 4.68. The molecule has 0 saturated heterocycles. The molecule has 68 valence electrons. The molecule has 0 spiro atoms. The van der Waals surface area contributed by atoms with Crippen molar-refractivity contribution < 1.29 is 17.0 Å². The van der Waals surface area contributed by atoms with Gasteiger partial charge in [-0.15, -0.1) is 0 Å². The van der Waals surface area contributed by atoms with Crippen LogP contribution in [0.4, 0.5) is 0 Å². The smallest absolute Gasteiger partial charge is 1.00 e. The summed E-state index contributed by atoms with van der Waals surface area (Å²) in [6, 6.07) is 0. The topological polar surface area (TPSA) is 0 Å². The molecule has 0 radical (unpaired) electrons. The first kappa shape index (κ1) is 15.7. The van der Waals surface area contributed by atoms with Crippen molar-refractivity contribution in [3.05, 3.63) is 6.42 Å². The van der Waals surface area contributed by atoms with Crippen LogP contribution in [-0.2, 0) is 0 Å². The van der Waals surface area contributed by atoms with Crippen molar-refractivity contribution in [1.82, 2.24) is 0 Å². The molecule has 0 N–H and O–H groups in total. The van der Waals surface area contributed by atoms with Crippen LogP contribution < -0.4 is 17.0 Å². The summed E-state index contributed by atoms with van der Waals surface area (Å²) in [6.45, 7) is 4.68. The zero-order valence-electron chi connectivity index (χ0n) is 8.35. The fourth-order valence-electron chi connectivity index (χ4n) is 1.79. The molecule has 1 rings (SSSR count). The Morgan fingerprint density at radius 2 is 2.08 bits per heavy atom. The van der Waals surface area contributed by atoms with Crippen molar-refractivity contribution in [2.24, 2.45) is 11.8 Å². The van der Waals surface area contributed by atoms with Crippen LogP contribution in [0.2, 0.25) is 0 Å². The van der Waals surface area contributed by atoms with Gasteiger partial charge in [0.15, 0.2) is 0 Å². The second-order valence-corrected chi connectivity index (χ2v) is 3.57. The van der Waals surface area contributed by atoms with Crippen molar-refractivity contribution in [1.29, 1.82) is 0 Å². The molecule has 0 aromatic rings. The van der Waals surface area contributed by atoms with Gasteiger partial charge in [-0.1, -0.05) is 45.4 Å². The van der Waals surface area contributed by atoms with Crippen LogP contribution in [0.3, 0.4) is 0 Å². The predicted octanol–water partition coefficient (Wildman–Crippen LogP) is 0.0502. The Hall–Kier alpha value is 1.25. The molecule has 2 atom stereocenters. The fraction of sp³-hybridized carbons (Fsp3) is 0.900. The van der Waals surface area contributed by atoms with Gasteiger partial charge in [0.05, 0.1) is 0 Å². The summed E-state index contributed by atoms with van der Waals surface area (Å²) in [5.41, 5.74) is 0. The third kappa shape index (κ3) is 5.08. The van der Waals surface area contributed by atoms with Gasteiger partial charge in [0.25, 0.3) is 0 Å². The van der Waals surface area contributed by atoms with Gasteiger partial charge in [-0.3, -0.25) is 0 Å². The average molecular weight is 243 g/mol. The molecule has 2 unspecified atom stereocenters. The molecule has 1 saturated carbocycles. The summed E-state index contributed by atoms with van der Waals surface area (Å²) in [5, 5.41) is 0. The van der Waals surface area contributed by atoms with Gasteiger partial charge in [0.1, 0.15) is 0 Å². The van der Waals surface area contributed by atoms with E-state index in [0.717, 1.165) is 11.8 Å². The maximum atomic E-state index is 2.54. The van der Waals surface area contributed by atoms with Crippen LogP contribution in [0.25, 0.3) is 0 Å². The summed E-state index contributed by atoms with van der Waals surface area (Å²) in [7, 11) is 0. The molecule has 1 aliphatic carbocycles. The summed E-state index contributed by atoms with van der Waals surface area (Å²) >= 11 is 0. The van der Waals surface area contributed by atoms with Gasteiger partial charge in [0.2, 0.25) is 0 Å². The van der Waals surface area contributed by atoms with Crippen LogP contribution in [0.5, 0.6) is 0 Å². The van der Waals surface area contributed by atoms with E-state index in [4.69, 9.17) is 0 Å². The van der Waals surface area contributed by atoms with Crippen LogP contribution in [-0.4, -0.2) is 23.1 Å². The van der Waals surface area contributed by atoms with Crippen LogP contribution in [0.15, 0.2) is 0 Å². The quantitative estimate of drug-likeness (QED) is 0.475. The van der Waals surface area contributed by atoms with E-state index in [1.165, 1.54) is 32.1 Å². The van der Waals surface area contributed by atoms with E-state index in [9.17, 15) is 0 Å². The van der Waals surface area contributed by atoms with E-state index in [-0.39, 0.29) is 40.0 Å². The molecule has 0 aromatic heterocycles. The first-order chi connectivity index (χ1) is 4.84. The van der Waals surface area contributed by atoms with Gasteiger partial charge in [0, 0.05) is 0 Å². The molecule has 0 heterocycles. The Morgan fingerprint density at radius 3 is 2.50 bits per heavy atom. The normalized spacial score (nSPS) is 25.0. The molecule has 0 nitrogen and oxygen atoms in total. The molecular weight excluding hydrogens is 224 g/mol. The van der Waals surface area contributed by atoms with E-state index in [1.807, 2.05) is 0 Å². The Morgan fingerprint density at radius 1 is 1.42 bits per heavy atom. The van der Waals surface area contributed by atoms with Gasteiger partial charge >= 0.3 is 23.1 Å². The third-order valence-corrected chi connectivity index (χ3v) is 2.84. The van der Waals surface area contributed by atoms with Gasteiger partial charge in [-0.05, 0) is 0 Å². The van der Waals surface area contributed by atoms with Crippen molar-refractivity contribution >= 4 is 23.1 Å². The van der Waals surface area contributed by atoms with Crippen molar-refractivity contribution in [3.63, 3.8) is 0 Å². The van der Waals surface area contributed by atoms with Crippen molar-refractivity contribution in [2.75, 3.05) is 0 Å². The fourth-order valence-corrected chi connectivity index (χ4v) is 1.79. The largest absolute Gasteiger partial charge is 2.00 e. The van der Waals surface area contributed by atoms with Crippen LogP contribution in [0.1, 0.15) is 46.0 Å². The van der Waals surface area contributed by atoms with E-state index in [0.29, 0.717) is 0 Å². The summed E-state index contributed by atoms with van der Waals surface area (Å²) < 4.78 is 0. The zero-order valence-corrected chi connectivity index (χ0v) is 11.4. The summed E-state index contributed by atoms with van der Waals surface area (Å²) in [6.07, 6.45) is 9.61. The summed E-state index contributed by atoms with van der Waals surface area (Å²) in [4.78, 5) is 0. The molecule has 0 bridgehead atoms. The maximum Gasteiger partial charge on any atom is 2.00 e. The Labute approximate surface area is 104 Å². The molecule has 2 heteroatoms. The van der Waals surface area contributed by atoms with Crippen LogP contribution in [0, 0.1) is 18.3 Å². The SMILES string of the molecule is CCC(C)C1[CH-]CCCC1.[Br-].[Mg+2]. The monoisotopic (exact) mass is 242 g/mol. The summed E-state index contributed by atoms with van der Waals surface area (Å²) in [5.74, 6) is 1.87. The minimum atomic E-state index is 0. The third-order valence-electron chi connectivity index (χ3n) is 2.84. The number of rotatable bonds is 2. The minimum Gasteiger partial charge on any atom is -1.00 e. The molecule has 0 aliphatic heterocycles. The average Bonchev–Trinajstić information content (AvgIpc) is 2.05. The van der Waals surface area contributed by atoms with Gasteiger partial charge in [-0.25, -0.2) is 0 Å². The predicted molar refractivity (Wildman–Crippen MR) is 51.5 cm³/mol. The van der Waals surface area contributed by atoms with E-state index in [2.05, 4.69) is 20.3 Å². The zero-order chi connectivity index (χ0) is 7.40. The van der Waals surface area contributed by atoms with E-state index < -0.39 is 0 Å². The Kier molecular flexibility index (Phi) is 11.6.